The van der Waals surface area contributed by atoms with Crippen LogP contribution in [0, 0.1) is 12.8 Å². The zero-order valence-electron chi connectivity index (χ0n) is 19.8. The molecule has 1 aliphatic heterocycles. The van der Waals surface area contributed by atoms with Gasteiger partial charge in [0.2, 0.25) is 0 Å². The van der Waals surface area contributed by atoms with Gasteiger partial charge >= 0.3 is 0 Å². The van der Waals surface area contributed by atoms with Crippen molar-refractivity contribution in [1.29, 1.82) is 0 Å². The van der Waals surface area contributed by atoms with Crippen molar-refractivity contribution in [2.45, 2.75) is 26.2 Å². The number of nitrogens with zero attached hydrogens (tertiary/aromatic N) is 5. The van der Waals surface area contributed by atoms with Crippen molar-refractivity contribution in [3.8, 4) is 0 Å². The quantitative estimate of drug-likeness (QED) is 0.533. The van der Waals surface area contributed by atoms with E-state index in [0.717, 1.165) is 67.5 Å². The van der Waals surface area contributed by atoms with E-state index in [9.17, 15) is 4.79 Å². The number of H-pyrrole nitrogens is 1. The summed E-state index contributed by atoms with van der Waals surface area (Å²) >= 11 is 0. The minimum atomic E-state index is 0.286. The van der Waals surface area contributed by atoms with Crippen LogP contribution < -0.4 is 10.2 Å². The van der Waals surface area contributed by atoms with E-state index in [1.54, 1.807) is 0 Å². The van der Waals surface area contributed by atoms with Gasteiger partial charge in [0, 0.05) is 56.3 Å². The summed E-state index contributed by atoms with van der Waals surface area (Å²) in [6.07, 6.45) is 6.55. The Morgan fingerprint density at radius 3 is 2.65 bits per heavy atom. The Kier molecular flexibility index (Phi) is 6.40. The number of benzene rings is 1. The molecule has 0 spiro atoms. The van der Waals surface area contributed by atoms with Gasteiger partial charge in [-0.3, -0.25) is 9.89 Å². The maximum Gasteiger partial charge on any atom is 0.156 e. The van der Waals surface area contributed by atoms with Crippen LogP contribution in [0.2, 0.25) is 0 Å². The van der Waals surface area contributed by atoms with Gasteiger partial charge in [0.15, 0.2) is 11.6 Å². The first-order valence-corrected chi connectivity index (χ1v) is 11.9. The molecule has 34 heavy (non-hydrogen) atoms. The molecule has 0 bridgehead atoms. The molecule has 8 heteroatoms. The molecule has 0 radical (unpaired) electrons. The number of Topliss-reactive ketones (excluding diaryl/α,β-unsaturated/α-hetero) is 1. The van der Waals surface area contributed by atoms with E-state index in [1.807, 2.05) is 49.4 Å². The number of ketones is 1. The van der Waals surface area contributed by atoms with Crippen LogP contribution in [0.1, 0.15) is 35.5 Å². The lowest BCUT2D eigenvalue weighted by Gasteiger charge is -2.33. The summed E-state index contributed by atoms with van der Waals surface area (Å²) in [5.74, 6) is 3.61. The fourth-order valence-corrected chi connectivity index (χ4v) is 4.13. The van der Waals surface area contributed by atoms with E-state index in [0.29, 0.717) is 23.8 Å². The SMILES string of the molecule is Cc1cc(Nc2cc(N3CCN(C)CC3)nc(/C=C/c3cccc(CC(=O)C4CC4)c3)n2)n[nH]1. The molecule has 0 atom stereocenters. The predicted molar refractivity (Wildman–Crippen MR) is 135 cm³/mol. The van der Waals surface area contributed by atoms with Gasteiger partial charge in [-0.05, 0) is 44.0 Å². The normalized spacial score (nSPS) is 16.8. The highest BCUT2D eigenvalue weighted by molar-refractivity contribution is 5.85. The number of anilines is 3. The number of carbonyl (C=O) groups is 1. The molecule has 2 N–H and O–H groups in total. The zero-order chi connectivity index (χ0) is 23.5. The Morgan fingerprint density at radius 1 is 1.09 bits per heavy atom. The molecular formula is C26H31N7O. The van der Waals surface area contributed by atoms with Crippen LogP contribution >= 0.6 is 0 Å². The fourth-order valence-electron chi connectivity index (χ4n) is 4.13. The number of hydrogen-bond acceptors (Lipinski definition) is 7. The van der Waals surface area contributed by atoms with Crippen molar-refractivity contribution in [3.05, 3.63) is 59.0 Å². The lowest BCUT2D eigenvalue weighted by Crippen LogP contribution is -2.44. The van der Waals surface area contributed by atoms with E-state index in [2.05, 4.69) is 38.4 Å². The highest BCUT2D eigenvalue weighted by atomic mass is 16.1. The third-order valence-electron chi connectivity index (χ3n) is 6.31. The summed E-state index contributed by atoms with van der Waals surface area (Å²) < 4.78 is 0. The van der Waals surface area contributed by atoms with Crippen LogP contribution in [0.15, 0.2) is 36.4 Å². The van der Waals surface area contributed by atoms with Crippen molar-refractivity contribution in [2.24, 2.45) is 5.92 Å². The van der Waals surface area contributed by atoms with Crippen molar-refractivity contribution in [2.75, 3.05) is 43.4 Å². The molecular weight excluding hydrogens is 426 g/mol. The number of aromatic nitrogens is 4. The standard InChI is InChI=1S/C26H31N7O/c1-18-14-25(31-30-18)28-24-17-26(33-12-10-32(2)11-13-33)29-23(27-24)9-6-19-4-3-5-20(15-19)16-22(34)21-7-8-21/h3-6,9,14-15,17,21H,7-8,10-13,16H2,1-2H3,(H2,27,28,29,30,31)/b9-6+. The number of carbonyl (C=O) groups excluding carboxylic acids is 1. The van der Waals surface area contributed by atoms with Gasteiger partial charge in [0.05, 0.1) is 0 Å². The molecule has 1 saturated carbocycles. The average molecular weight is 458 g/mol. The molecule has 5 rings (SSSR count). The molecule has 2 fully saturated rings. The van der Waals surface area contributed by atoms with Crippen LogP contribution in [-0.4, -0.2) is 64.1 Å². The van der Waals surface area contributed by atoms with Crippen molar-refractivity contribution in [3.63, 3.8) is 0 Å². The second kappa shape index (κ2) is 9.77. The highest BCUT2D eigenvalue weighted by Gasteiger charge is 2.29. The Labute approximate surface area is 200 Å². The average Bonchev–Trinajstić information content (AvgIpc) is 3.61. The van der Waals surface area contributed by atoms with E-state index in [4.69, 9.17) is 9.97 Å². The first kappa shape index (κ1) is 22.3. The van der Waals surface area contributed by atoms with E-state index in [1.165, 1.54) is 0 Å². The molecule has 8 nitrogen and oxygen atoms in total. The Balaban J connectivity index is 1.38. The molecule has 1 saturated heterocycles. The minimum Gasteiger partial charge on any atom is -0.354 e. The summed E-state index contributed by atoms with van der Waals surface area (Å²) in [6.45, 7) is 5.82. The van der Waals surface area contributed by atoms with Gasteiger partial charge in [-0.15, -0.1) is 0 Å². The molecule has 0 amide bonds. The molecule has 1 aliphatic carbocycles. The molecule has 0 unspecified atom stereocenters. The van der Waals surface area contributed by atoms with E-state index < -0.39 is 0 Å². The van der Waals surface area contributed by atoms with Crippen LogP contribution in [0.25, 0.3) is 12.2 Å². The number of piperazine rings is 1. The fraction of sp³-hybridized carbons (Fsp3) is 0.385. The summed E-state index contributed by atoms with van der Waals surface area (Å²) in [5.41, 5.74) is 3.07. The van der Waals surface area contributed by atoms with Crippen LogP contribution in [0.4, 0.5) is 17.5 Å². The van der Waals surface area contributed by atoms with Crippen LogP contribution in [-0.2, 0) is 11.2 Å². The molecule has 2 aromatic heterocycles. The summed E-state index contributed by atoms with van der Waals surface area (Å²) in [4.78, 5) is 26.4. The Morgan fingerprint density at radius 2 is 1.91 bits per heavy atom. The molecule has 2 aliphatic rings. The first-order chi connectivity index (χ1) is 16.5. The van der Waals surface area contributed by atoms with Crippen molar-refractivity contribution >= 4 is 35.4 Å². The number of nitrogens with one attached hydrogen (secondary N) is 2. The molecule has 176 valence electrons. The summed E-state index contributed by atoms with van der Waals surface area (Å²) in [7, 11) is 2.14. The maximum absolute atomic E-state index is 12.2. The topological polar surface area (TPSA) is 90.0 Å². The first-order valence-electron chi connectivity index (χ1n) is 11.9. The van der Waals surface area contributed by atoms with E-state index >= 15 is 0 Å². The number of aromatic amines is 1. The lowest BCUT2D eigenvalue weighted by molar-refractivity contribution is -0.119. The van der Waals surface area contributed by atoms with Crippen molar-refractivity contribution < 1.29 is 4.79 Å². The minimum absolute atomic E-state index is 0.286. The lowest BCUT2D eigenvalue weighted by atomic mass is 10.0. The Hall–Kier alpha value is -3.52. The smallest absolute Gasteiger partial charge is 0.156 e. The summed E-state index contributed by atoms with van der Waals surface area (Å²) in [5, 5.41) is 10.5. The second-order valence-corrected chi connectivity index (χ2v) is 9.32. The molecule has 3 aromatic rings. The summed E-state index contributed by atoms with van der Waals surface area (Å²) in [6, 6.07) is 12.1. The third kappa shape index (κ3) is 5.69. The second-order valence-electron chi connectivity index (χ2n) is 9.32. The van der Waals surface area contributed by atoms with Crippen LogP contribution in [0.5, 0.6) is 0 Å². The zero-order valence-corrected chi connectivity index (χ0v) is 19.8. The van der Waals surface area contributed by atoms with Gasteiger partial charge in [0.1, 0.15) is 17.4 Å². The van der Waals surface area contributed by atoms with Gasteiger partial charge in [-0.25, -0.2) is 9.97 Å². The van der Waals surface area contributed by atoms with Gasteiger partial charge in [0.25, 0.3) is 0 Å². The van der Waals surface area contributed by atoms with Crippen molar-refractivity contribution in [1.82, 2.24) is 25.1 Å². The third-order valence-corrected chi connectivity index (χ3v) is 6.31. The van der Waals surface area contributed by atoms with E-state index in [-0.39, 0.29) is 5.92 Å². The van der Waals surface area contributed by atoms with Gasteiger partial charge in [-0.1, -0.05) is 30.3 Å². The number of rotatable bonds is 8. The predicted octanol–water partition coefficient (Wildman–Crippen LogP) is 3.70. The number of likely N-dealkylation sites (N-methyl/N-ethyl adjacent to an activating group) is 1. The van der Waals surface area contributed by atoms with Gasteiger partial charge in [-0.2, -0.15) is 5.10 Å². The maximum atomic E-state index is 12.2. The largest absolute Gasteiger partial charge is 0.354 e. The Bertz CT molecular complexity index is 1190. The monoisotopic (exact) mass is 457 g/mol. The number of hydrogen-bond donors (Lipinski definition) is 2. The van der Waals surface area contributed by atoms with Gasteiger partial charge < -0.3 is 15.1 Å². The van der Waals surface area contributed by atoms with Crippen LogP contribution in [0.3, 0.4) is 0 Å². The number of aryl methyl sites for hydroxylation is 1. The highest BCUT2D eigenvalue weighted by Crippen LogP contribution is 2.31. The molecule has 1 aromatic carbocycles. The molecule has 3 heterocycles.